The molecule has 2 N–H and O–H groups in total. The summed E-state index contributed by atoms with van der Waals surface area (Å²) in [6, 6.07) is 10.3. The Morgan fingerprint density at radius 2 is 1.66 bits per heavy atom. The molecule has 0 bridgehead atoms. The minimum Gasteiger partial charge on any atom is -0.497 e. The fourth-order valence-corrected chi connectivity index (χ4v) is 2.35. The van der Waals surface area contributed by atoms with Crippen LogP contribution in [0.5, 0.6) is 5.75 Å². The normalized spacial score (nSPS) is 10.0. The Labute approximate surface area is 166 Å². The lowest BCUT2D eigenvalue weighted by Gasteiger charge is -2.08. The number of nitrogens with zero attached hydrogens (tertiary/aromatic N) is 1. The van der Waals surface area contributed by atoms with Crippen molar-refractivity contribution in [3.63, 3.8) is 0 Å². The van der Waals surface area contributed by atoms with Crippen LogP contribution in [0.2, 0.25) is 0 Å². The molecule has 0 heterocycles. The van der Waals surface area contributed by atoms with E-state index in [1.54, 1.807) is 31.4 Å². The van der Waals surface area contributed by atoms with Crippen LogP contribution in [0.3, 0.4) is 0 Å². The molecule has 0 atom stereocenters. The molecule has 0 radical (unpaired) electrons. The fraction of sp³-hybridized carbons (Fsp3) is 0.211. The van der Waals surface area contributed by atoms with Gasteiger partial charge in [0.15, 0.2) is 0 Å². The summed E-state index contributed by atoms with van der Waals surface area (Å²) in [6.45, 7) is -0.0900. The molecule has 2 amide bonds. The Morgan fingerprint density at radius 3 is 2.24 bits per heavy atom. The van der Waals surface area contributed by atoms with Crippen LogP contribution in [-0.4, -0.2) is 43.5 Å². The van der Waals surface area contributed by atoms with Gasteiger partial charge >= 0.3 is 5.97 Å². The van der Waals surface area contributed by atoms with Crippen LogP contribution in [0.4, 0.5) is 5.69 Å². The van der Waals surface area contributed by atoms with Gasteiger partial charge in [0.2, 0.25) is 5.91 Å². The number of hydrogen-bond acceptors (Lipinski definition) is 7. The van der Waals surface area contributed by atoms with Crippen LogP contribution in [0.25, 0.3) is 0 Å². The highest BCUT2D eigenvalue weighted by Gasteiger charge is 2.18. The first kappa shape index (κ1) is 21.4. The van der Waals surface area contributed by atoms with Gasteiger partial charge in [0.1, 0.15) is 5.75 Å². The van der Waals surface area contributed by atoms with Crippen LogP contribution in [0, 0.1) is 10.1 Å². The number of nitro benzene ring substituents is 1. The van der Waals surface area contributed by atoms with E-state index >= 15 is 0 Å². The molecule has 0 fully saturated rings. The highest BCUT2D eigenvalue weighted by Crippen LogP contribution is 2.18. The molecule has 0 spiro atoms. The molecule has 10 nitrogen and oxygen atoms in total. The Morgan fingerprint density at radius 1 is 1.00 bits per heavy atom. The number of non-ortho nitro benzene ring substituents is 1. The number of nitrogens with one attached hydrogen (secondary N) is 2. The average Bonchev–Trinajstić information content (AvgIpc) is 2.75. The van der Waals surface area contributed by atoms with Gasteiger partial charge in [-0.3, -0.25) is 19.7 Å². The van der Waals surface area contributed by atoms with E-state index in [4.69, 9.17) is 4.74 Å². The zero-order valence-corrected chi connectivity index (χ0v) is 15.8. The number of carbonyl (C=O) groups is 3. The molecule has 10 heteroatoms. The first-order chi connectivity index (χ1) is 13.8. The Balaban J connectivity index is 1.96. The summed E-state index contributed by atoms with van der Waals surface area (Å²) in [5, 5.41) is 16.0. The largest absolute Gasteiger partial charge is 0.497 e. The van der Waals surface area contributed by atoms with Crippen LogP contribution in [-0.2, 0) is 16.1 Å². The predicted octanol–water partition coefficient (Wildman–Crippen LogP) is 1.44. The van der Waals surface area contributed by atoms with Gasteiger partial charge in [-0.25, -0.2) is 4.79 Å². The molecule has 0 saturated carbocycles. The molecule has 2 aromatic carbocycles. The molecule has 0 aliphatic heterocycles. The van der Waals surface area contributed by atoms with Gasteiger partial charge in [0, 0.05) is 24.2 Å². The van der Waals surface area contributed by atoms with Crippen molar-refractivity contribution in [2.45, 2.75) is 6.54 Å². The molecule has 0 aromatic heterocycles. The maximum absolute atomic E-state index is 12.3. The highest BCUT2D eigenvalue weighted by atomic mass is 16.6. The number of ether oxygens (including phenoxy) is 2. The maximum Gasteiger partial charge on any atom is 0.338 e. The average molecular weight is 401 g/mol. The second-order valence-electron chi connectivity index (χ2n) is 5.82. The quantitative estimate of drug-likeness (QED) is 0.388. The van der Waals surface area contributed by atoms with Gasteiger partial charge in [0.25, 0.3) is 11.6 Å². The maximum atomic E-state index is 12.3. The van der Waals surface area contributed by atoms with Gasteiger partial charge in [-0.2, -0.15) is 0 Å². The van der Waals surface area contributed by atoms with Crippen molar-refractivity contribution in [1.29, 1.82) is 0 Å². The van der Waals surface area contributed by atoms with E-state index in [-0.39, 0.29) is 24.2 Å². The molecular formula is C19H19N3O7. The second-order valence-corrected chi connectivity index (χ2v) is 5.82. The van der Waals surface area contributed by atoms with Gasteiger partial charge < -0.3 is 20.1 Å². The monoisotopic (exact) mass is 401 g/mol. The molecule has 152 valence electrons. The van der Waals surface area contributed by atoms with E-state index in [2.05, 4.69) is 15.4 Å². The number of esters is 1. The first-order valence-electron chi connectivity index (χ1n) is 8.39. The third-order valence-electron chi connectivity index (χ3n) is 3.87. The van der Waals surface area contributed by atoms with E-state index in [0.29, 0.717) is 5.75 Å². The summed E-state index contributed by atoms with van der Waals surface area (Å²) in [4.78, 5) is 46.1. The highest BCUT2D eigenvalue weighted by molar-refractivity contribution is 6.00. The number of nitro groups is 1. The summed E-state index contributed by atoms with van der Waals surface area (Å²) >= 11 is 0. The number of amides is 2. The third-order valence-corrected chi connectivity index (χ3v) is 3.87. The van der Waals surface area contributed by atoms with Crippen LogP contribution >= 0.6 is 0 Å². The zero-order valence-electron chi connectivity index (χ0n) is 15.8. The van der Waals surface area contributed by atoms with E-state index in [9.17, 15) is 24.5 Å². The van der Waals surface area contributed by atoms with E-state index in [1.807, 2.05) is 0 Å². The molecule has 29 heavy (non-hydrogen) atoms. The Hall–Kier alpha value is -3.95. The van der Waals surface area contributed by atoms with Crippen LogP contribution < -0.4 is 15.4 Å². The molecule has 0 saturated heterocycles. The fourth-order valence-electron chi connectivity index (χ4n) is 2.35. The van der Waals surface area contributed by atoms with E-state index < -0.39 is 28.4 Å². The SMILES string of the molecule is COC(=O)c1cc(C(=O)NCC(=O)NCc2ccc(OC)cc2)cc([N+](=O)[O-])c1. The zero-order chi connectivity index (χ0) is 21.4. The molecule has 2 rings (SSSR count). The van der Waals surface area contributed by atoms with E-state index in [0.717, 1.165) is 30.9 Å². The lowest BCUT2D eigenvalue weighted by Crippen LogP contribution is -2.36. The van der Waals surface area contributed by atoms with Crippen LogP contribution in [0.1, 0.15) is 26.3 Å². The number of methoxy groups -OCH3 is 2. The number of rotatable bonds is 8. The minimum atomic E-state index is -0.819. The molecule has 0 aliphatic carbocycles. The standard InChI is InChI=1S/C19H19N3O7/c1-28-16-5-3-12(4-6-16)10-20-17(23)11-21-18(24)13-7-14(19(25)29-2)9-15(8-13)22(26)27/h3-9H,10-11H2,1-2H3,(H,20,23)(H,21,24). The Bertz CT molecular complexity index is 926. The van der Waals surface area contributed by atoms with Gasteiger partial charge in [0.05, 0.1) is 31.3 Å². The number of benzene rings is 2. The predicted molar refractivity (Wildman–Crippen MR) is 102 cm³/mol. The molecule has 2 aromatic rings. The van der Waals surface area contributed by atoms with Gasteiger partial charge in [-0.1, -0.05) is 12.1 Å². The van der Waals surface area contributed by atoms with Crippen molar-refractivity contribution in [2.75, 3.05) is 20.8 Å². The van der Waals surface area contributed by atoms with Crippen molar-refractivity contribution in [1.82, 2.24) is 10.6 Å². The second kappa shape index (κ2) is 9.83. The summed E-state index contributed by atoms with van der Waals surface area (Å²) in [6.07, 6.45) is 0. The van der Waals surface area contributed by atoms with Crippen LogP contribution in [0.15, 0.2) is 42.5 Å². The van der Waals surface area contributed by atoms with Crippen molar-refractivity contribution in [2.24, 2.45) is 0 Å². The van der Waals surface area contributed by atoms with Gasteiger partial charge in [-0.15, -0.1) is 0 Å². The van der Waals surface area contributed by atoms with Crippen molar-refractivity contribution in [3.8, 4) is 5.75 Å². The minimum absolute atomic E-state index is 0.137. The summed E-state index contributed by atoms with van der Waals surface area (Å²) in [7, 11) is 2.67. The number of hydrogen-bond donors (Lipinski definition) is 2. The summed E-state index contributed by atoms with van der Waals surface area (Å²) < 4.78 is 9.58. The van der Waals surface area contributed by atoms with Crippen molar-refractivity contribution in [3.05, 3.63) is 69.3 Å². The topological polar surface area (TPSA) is 137 Å². The summed E-state index contributed by atoms with van der Waals surface area (Å²) in [5.41, 5.74) is 0.118. The van der Waals surface area contributed by atoms with Crippen molar-refractivity contribution >= 4 is 23.5 Å². The van der Waals surface area contributed by atoms with E-state index in [1.165, 1.54) is 0 Å². The summed E-state index contributed by atoms with van der Waals surface area (Å²) in [5.74, 6) is -1.32. The smallest absolute Gasteiger partial charge is 0.338 e. The molecular weight excluding hydrogens is 382 g/mol. The Kier molecular flexibility index (Phi) is 7.24. The molecule has 0 aliphatic rings. The van der Waals surface area contributed by atoms with Gasteiger partial charge in [-0.05, 0) is 23.8 Å². The van der Waals surface area contributed by atoms with Crippen molar-refractivity contribution < 1.29 is 28.8 Å². The number of carbonyl (C=O) groups excluding carboxylic acids is 3. The lowest BCUT2D eigenvalue weighted by molar-refractivity contribution is -0.384. The molecule has 0 unspecified atom stereocenters. The lowest BCUT2D eigenvalue weighted by atomic mass is 10.1. The third kappa shape index (κ3) is 6.03. The first-order valence-corrected chi connectivity index (χ1v) is 8.39.